The first kappa shape index (κ1) is 13.2. The van der Waals surface area contributed by atoms with Crippen LogP contribution in [0.25, 0.3) is 0 Å². The molecule has 0 aliphatic carbocycles. The predicted octanol–water partition coefficient (Wildman–Crippen LogP) is 0.461. The Morgan fingerprint density at radius 1 is 1.15 bits per heavy atom. The molecule has 0 fully saturated rings. The molecule has 0 rings (SSSR count). The summed E-state index contributed by atoms with van der Waals surface area (Å²) in [6.07, 6.45) is 1.96. The van der Waals surface area contributed by atoms with E-state index in [-0.39, 0.29) is 0 Å². The molecule has 0 saturated carbocycles. The smallest absolute Gasteiger partial charge is 0.0833 e. The van der Waals surface area contributed by atoms with Gasteiger partial charge in [0.15, 0.2) is 0 Å². The van der Waals surface area contributed by atoms with Crippen LogP contribution >= 0.6 is 11.8 Å². The highest BCUT2D eigenvalue weighted by Gasteiger charge is 2.20. The van der Waals surface area contributed by atoms with Crippen molar-refractivity contribution in [1.29, 1.82) is 0 Å². The first-order valence-electron chi connectivity index (χ1n) is 4.41. The normalized spacial score (nSPS) is 17.1. The molecule has 0 aliphatic heterocycles. The van der Waals surface area contributed by atoms with E-state index in [1.165, 1.54) is 0 Å². The van der Waals surface area contributed by atoms with Gasteiger partial charge in [-0.15, -0.1) is 0 Å². The molecular formula is C9H21NO2S. The molecular weight excluding hydrogens is 186 g/mol. The molecule has 3 N–H and O–H groups in total. The molecule has 0 heterocycles. The van der Waals surface area contributed by atoms with Crippen molar-refractivity contribution >= 4 is 11.8 Å². The van der Waals surface area contributed by atoms with Gasteiger partial charge in [0, 0.05) is 18.8 Å². The lowest BCUT2D eigenvalue weighted by atomic mass is 10.1. The minimum Gasteiger partial charge on any atom is -0.389 e. The molecule has 0 saturated heterocycles. The van der Waals surface area contributed by atoms with Crippen LogP contribution in [0.3, 0.4) is 0 Å². The van der Waals surface area contributed by atoms with Gasteiger partial charge in [0.05, 0.1) is 11.2 Å². The standard InChI is InChI=1S/C9H21NO2S/c1-8(2,11)5-10-6-9(3,12)7-13-4/h10-12H,5-7H2,1-4H3. The van der Waals surface area contributed by atoms with Gasteiger partial charge in [-0.25, -0.2) is 0 Å². The fourth-order valence-corrected chi connectivity index (χ4v) is 1.72. The Morgan fingerprint density at radius 3 is 2.08 bits per heavy atom. The lowest BCUT2D eigenvalue weighted by Crippen LogP contribution is -2.44. The molecule has 1 unspecified atom stereocenters. The van der Waals surface area contributed by atoms with Crippen LogP contribution < -0.4 is 5.32 Å². The zero-order valence-electron chi connectivity index (χ0n) is 8.92. The van der Waals surface area contributed by atoms with Crippen molar-refractivity contribution in [2.24, 2.45) is 0 Å². The van der Waals surface area contributed by atoms with Crippen molar-refractivity contribution in [3.05, 3.63) is 0 Å². The Morgan fingerprint density at radius 2 is 1.69 bits per heavy atom. The van der Waals surface area contributed by atoms with Crippen molar-refractivity contribution < 1.29 is 10.2 Å². The Kier molecular flexibility index (Phi) is 5.29. The van der Waals surface area contributed by atoms with E-state index in [1.54, 1.807) is 32.5 Å². The summed E-state index contributed by atoms with van der Waals surface area (Å²) in [4.78, 5) is 0. The molecule has 0 aromatic heterocycles. The number of hydrogen-bond donors (Lipinski definition) is 3. The van der Waals surface area contributed by atoms with Crippen LogP contribution in [0.1, 0.15) is 20.8 Å². The maximum Gasteiger partial charge on any atom is 0.0833 e. The SMILES string of the molecule is CSCC(C)(O)CNCC(C)(C)O. The zero-order valence-corrected chi connectivity index (χ0v) is 9.74. The van der Waals surface area contributed by atoms with Crippen LogP contribution in [0.5, 0.6) is 0 Å². The summed E-state index contributed by atoms with van der Waals surface area (Å²) in [6, 6.07) is 0. The summed E-state index contributed by atoms with van der Waals surface area (Å²) in [5.41, 5.74) is -1.40. The van der Waals surface area contributed by atoms with Crippen LogP contribution in [-0.4, -0.2) is 46.5 Å². The van der Waals surface area contributed by atoms with Crippen molar-refractivity contribution in [2.75, 3.05) is 25.1 Å². The second kappa shape index (κ2) is 5.20. The van der Waals surface area contributed by atoms with Crippen molar-refractivity contribution in [2.45, 2.75) is 32.0 Å². The van der Waals surface area contributed by atoms with Crippen LogP contribution in [-0.2, 0) is 0 Å². The number of nitrogens with one attached hydrogen (secondary N) is 1. The molecule has 0 aromatic carbocycles. The molecule has 0 aromatic rings. The maximum atomic E-state index is 9.75. The van der Waals surface area contributed by atoms with E-state index >= 15 is 0 Å². The topological polar surface area (TPSA) is 52.5 Å². The fourth-order valence-electron chi connectivity index (χ4n) is 1.000. The average Bonchev–Trinajstić information content (AvgIpc) is 1.82. The third-order valence-corrected chi connectivity index (χ3v) is 2.43. The second-order valence-electron chi connectivity index (χ2n) is 4.35. The molecule has 13 heavy (non-hydrogen) atoms. The molecule has 4 heteroatoms. The van der Waals surface area contributed by atoms with Gasteiger partial charge in [0.25, 0.3) is 0 Å². The molecule has 0 aliphatic rings. The van der Waals surface area contributed by atoms with Gasteiger partial charge in [-0.05, 0) is 27.0 Å². The van der Waals surface area contributed by atoms with E-state index in [1.807, 2.05) is 6.26 Å². The van der Waals surface area contributed by atoms with Crippen LogP contribution in [0.4, 0.5) is 0 Å². The first-order chi connectivity index (χ1) is 5.77. The molecule has 1 atom stereocenters. The zero-order chi connectivity index (χ0) is 10.5. The summed E-state index contributed by atoms with van der Waals surface area (Å²) in [5.74, 6) is 0.700. The van der Waals surface area contributed by atoms with E-state index in [9.17, 15) is 10.2 Å². The van der Waals surface area contributed by atoms with Crippen LogP contribution in [0.15, 0.2) is 0 Å². The number of aliphatic hydroxyl groups is 2. The molecule has 3 nitrogen and oxygen atoms in total. The molecule has 0 bridgehead atoms. The number of thioether (sulfide) groups is 1. The Balaban J connectivity index is 3.63. The summed E-state index contributed by atoms with van der Waals surface area (Å²) in [6.45, 7) is 6.28. The Hall–Kier alpha value is 0.230. The summed E-state index contributed by atoms with van der Waals surface area (Å²) >= 11 is 1.61. The van der Waals surface area contributed by atoms with Gasteiger partial charge in [-0.3, -0.25) is 0 Å². The largest absolute Gasteiger partial charge is 0.389 e. The van der Waals surface area contributed by atoms with E-state index in [4.69, 9.17) is 0 Å². The number of hydrogen-bond acceptors (Lipinski definition) is 4. The average molecular weight is 207 g/mol. The van der Waals surface area contributed by atoms with Gasteiger partial charge < -0.3 is 15.5 Å². The highest BCUT2D eigenvalue weighted by molar-refractivity contribution is 7.98. The maximum absolute atomic E-state index is 9.75. The lowest BCUT2D eigenvalue weighted by molar-refractivity contribution is 0.0558. The minimum absolute atomic E-state index is 0.498. The third kappa shape index (κ3) is 8.56. The number of rotatable bonds is 6. The summed E-state index contributed by atoms with van der Waals surface area (Å²) in [7, 11) is 0. The lowest BCUT2D eigenvalue weighted by Gasteiger charge is -2.25. The third-order valence-electron chi connectivity index (χ3n) is 1.52. The van der Waals surface area contributed by atoms with Crippen LogP contribution in [0, 0.1) is 0 Å². The quantitative estimate of drug-likeness (QED) is 0.592. The highest BCUT2D eigenvalue weighted by atomic mass is 32.2. The Labute approximate surface area is 84.9 Å². The fraction of sp³-hybridized carbons (Fsp3) is 1.00. The monoisotopic (exact) mass is 207 g/mol. The summed E-state index contributed by atoms with van der Waals surface area (Å²) < 4.78 is 0. The van der Waals surface area contributed by atoms with Crippen LogP contribution in [0.2, 0.25) is 0 Å². The van der Waals surface area contributed by atoms with E-state index in [0.29, 0.717) is 18.8 Å². The van der Waals surface area contributed by atoms with E-state index in [0.717, 1.165) is 0 Å². The van der Waals surface area contributed by atoms with E-state index < -0.39 is 11.2 Å². The second-order valence-corrected chi connectivity index (χ2v) is 5.21. The highest BCUT2D eigenvalue weighted by Crippen LogP contribution is 2.09. The summed E-state index contributed by atoms with van der Waals surface area (Å²) in [5, 5.41) is 22.2. The van der Waals surface area contributed by atoms with Gasteiger partial charge in [0.2, 0.25) is 0 Å². The van der Waals surface area contributed by atoms with Gasteiger partial charge in [-0.1, -0.05) is 0 Å². The molecule has 0 amide bonds. The van der Waals surface area contributed by atoms with Gasteiger partial charge in [0.1, 0.15) is 0 Å². The molecule has 0 radical (unpaired) electrons. The molecule has 0 spiro atoms. The van der Waals surface area contributed by atoms with Crippen molar-refractivity contribution in [1.82, 2.24) is 5.32 Å². The molecule has 80 valence electrons. The van der Waals surface area contributed by atoms with E-state index in [2.05, 4.69) is 5.32 Å². The van der Waals surface area contributed by atoms with Gasteiger partial charge in [-0.2, -0.15) is 11.8 Å². The van der Waals surface area contributed by atoms with Crippen molar-refractivity contribution in [3.63, 3.8) is 0 Å². The Bertz CT molecular complexity index is 143. The predicted molar refractivity (Wildman–Crippen MR) is 58.2 cm³/mol. The van der Waals surface area contributed by atoms with Crippen molar-refractivity contribution in [3.8, 4) is 0 Å². The van der Waals surface area contributed by atoms with Gasteiger partial charge >= 0.3 is 0 Å². The first-order valence-corrected chi connectivity index (χ1v) is 5.81. The minimum atomic E-state index is -0.713.